The van der Waals surface area contributed by atoms with Crippen LogP contribution in [-0.4, -0.2) is 17.4 Å². The van der Waals surface area contributed by atoms with Gasteiger partial charge in [-0.3, -0.25) is 14.9 Å². The molecule has 0 radical (unpaired) electrons. The molecule has 1 amide bonds. The second-order valence-electron chi connectivity index (χ2n) is 4.85. The first-order chi connectivity index (χ1) is 10.6. The summed E-state index contributed by atoms with van der Waals surface area (Å²) in [5, 5.41) is 13.3. The topological polar surface area (TPSA) is 98.3 Å². The third-order valence-corrected chi connectivity index (χ3v) is 3.30. The molecule has 2 aromatic rings. The summed E-state index contributed by atoms with van der Waals surface area (Å²) in [5.41, 5.74) is 7.61. The summed E-state index contributed by atoms with van der Waals surface area (Å²) in [7, 11) is 0. The number of nitrogens with zero attached hydrogens (tertiary/aromatic N) is 1. The van der Waals surface area contributed by atoms with E-state index >= 15 is 0 Å². The Morgan fingerprint density at radius 2 is 1.77 bits per heavy atom. The summed E-state index contributed by atoms with van der Waals surface area (Å²) >= 11 is 0. The van der Waals surface area contributed by atoms with Crippen LogP contribution in [0.4, 0.5) is 5.69 Å². The van der Waals surface area contributed by atoms with Crippen molar-refractivity contribution < 1.29 is 9.72 Å². The van der Waals surface area contributed by atoms with Crippen LogP contribution in [0.3, 0.4) is 0 Å². The lowest BCUT2D eigenvalue weighted by atomic mass is 10.1. The molecule has 0 aliphatic rings. The number of amides is 1. The first kappa shape index (κ1) is 15.7. The molecule has 6 nitrogen and oxygen atoms in total. The smallest absolute Gasteiger partial charge is 0.269 e. The van der Waals surface area contributed by atoms with Crippen LogP contribution in [0.15, 0.2) is 54.6 Å². The number of non-ortho nitro benzene ring substituents is 1. The molecule has 22 heavy (non-hydrogen) atoms. The zero-order valence-electron chi connectivity index (χ0n) is 11.9. The summed E-state index contributed by atoms with van der Waals surface area (Å²) in [4.78, 5) is 22.1. The average Bonchev–Trinajstić information content (AvgIpc) is 2.55. The highest BCUT2D eigenvalue weighted by molar-refractivity contribution is 5.82. The lowest BCUT2D eigenvalue weighted by Gasteiger charge is -2.12. The minimum Gasteiger partial charge on any atom is -0.354 e. The van der Waals surface area contributed by atoms with Gasteiger partial charge in [-0.1, -0.05) is 42.5 Å². The second kappa shape index (κ2) is 7.33. The number of benzene rings is 2. The number of hydrogen-bond acceptors (Lipinski definition) is 4. The highest BCUT2D eigenvalue weighted by Gasteiger charge is 2.14. The van der Waals surface area contributed by atoms with Gasteiger partial charge in [-0.05, 0) is 17.5 Å². The van der Waals surface area contributed by atoms with Crippen molar-refractivity contribution in [3.05, 3.63) is 75.8 Å². The molecule has 2 aromatic carbocycles. The zero-order valence-corrected chi connectivity index (χ0v) is 11.9. The van der Waals surface area contributed by atoms with Gasteiger partial charge in [-0.25, -0.2) is 0 Å². The molecule has 1 atom stereocenters. The molecule has 0 fully saturated rings. The normalized spacial score (nSPS) is 11.7. The van der Waals surface area contributed by atoms with Crippen molar-refractivity contribution in [2.45, 2.75) is 12.5 Å². The molecule has 0 aromatic heterocycles. The van der Waals surface area contributed by atoms with Crippen LogP contribution in [0.25, 0.3) is 0 Å². The van der Waals surface area contributed by atoms with Crippen LogP contribution in [0.2, 0.25) is 0 Å². The van der Waals surface area contributed by atoms with Crippen LogP contribution in [0.1, 0.15) is 17.2 Å². The van der Waals surface area contributed by atoms with Crippen molar-refractivity contribution in [1.29, 1.82) is 0 Å². The first-order valence-corrected chi connectivity index (χ1v) is 6.89. The van der Waals surface area contributed by atoms with Crippen LogP contribution in [-0.2, 0) is 11.2 Å². The summed E-state index contributed by atoms with van der Waals surface area (Å²) in [6.07, 6.45) is 0.589. The standard InChI is InChI=1S/C16H17N3O3/c17-15(13-4-2-1-3-5-13)16(20)18-11-10-12-6-8-14(9-7-12)19(21)22/h1-9,15H,10-11,17H2,(H,18,20). The molecule has 0 saturated carbocycles. The Morgan fingerprint density at radius 1 is 1.14 bits per heavy atom. The van der Waals surface area contributed by atoms with Crippen LogP contribution >= 0.6 is 0 Å². The minimum atomic E-state index is -0.696. The van der Waals surface area contributed by atoms with Gasteiger partial charge in [-0.15, -0.1) is 0 Å². The molecule has 0 spiro atoms. The number of hydrogen-bond donors (Lipinski definition) is 2. The van der Waals surface area contributed by atoms with Gasteiger partial charge >= 0.3 is 0 Å². The number of nitrogens with two attached hydrogens (primary N) is 1. The lowest BCUT2D eigenvalue weighted by molar-refractivity contribution is -0.384. The van der Waals surface area contributed by atoms with Crippen LogP contribution in [0, 0.1) is 10.1 Å². The van der Waals surface area contributed by atoms with Gasteiger partial charge in [0.05, 0.1) is 4.92 Å². The Kier molecular flexibility index (Phi) is 5.21. The van der Waals surface area contributed by atoms with E-state index in [1.54, 1.807) is 24.3 Å². The van der Waals surface area contributed by atoms with E-state index in [2.05, 4.69) is 5.32 Å². The summed E-state index contributed by atoms with van der Waals surface area (Å²) < 4.78 is 0. The molecule has 114 valence electrons. The van der Waals surface area contributed by atoms with Crippen molar-refractivity contribution >= 4 is 11.6 Å². The summed E-state index contributed by atoms with van der Waals surface area (Å²) in [6.45, 7) is 0.428. The van der Waals surface area contributed by atoms with E-state index in [0.717, 1.165) is 11.1 Å². The third kappa shape index (κ3) is 4.13. The molecule has 0 heterocycles. The minimum absolute atomic E-state index is 0.0545. The Balaban J connectivity index is 1.83. The fourth-order valence-electron chi connectivity index (χ4n) is 2.04. The molecule has 0 aliphatic carbocycles. The maximum absolute atomic E-state index is 12.0. The maximum Gasteiger partial charge on any atom is 0.269 e. The molecule has 2 rings (SSSR count). The van der Waals surface area contributed by atoms with Gasteiger partial charge in [0, 0.05) is 18.7 Å². The number of rotatable bonds is 6. The van der Waals surface area contributed by atoms with Gasteiger partial charge < -0.3 is 11.1 Å². The van der Waals surface area contributed by atoms with Gasteiger partial charge in [0.25, 0.3) is 5.69 Å². The molecule has 6 heteroatoms. The highest BCUT2D eigenvalue weighted by atomic mass is 16.6. The second-order valence-corrected chi connectivity index (χ2v) is 4.85. The quantitative estimate of drug-likeness (QED) is 0.629. The molecule has 0 aliphatic heterocycles. The fraction of sp³-hybridized carbons (Fsp3) is 0.188. The van der Waals surface area contributed by atoms with Gasteiger partial charge in [0.2, 0.25) is 5.91 Å². The number of nitro benzene ring substituents is 1. The first-order valence-electron chi connectivity index (χ1n) is 6.89. The van der Waals surface area contributed by atoms with Crippen molar-refractivity contribution in [3.8, 4) is 0 Å². The predicted octanol–water partition coefficient (Wildman–Crippen LogP) is 1.95. The van der Waals surface area contributed by atoms with E-state index in [9.17, 15) is 14.9 Å². The molecular weight excluding hydrogens is 282 g/mol. The van der Waals surface area contributed by atoms with Crippen molar-refractivity contribution in [2.75, 3.05) is 6.54 Å². The van der Waals surface area contributed by atoms with Crippen molar-refractivity contribution in [2.24, 2.45) is 5.73 Å². The van der Waals surface area contributed by atoms with Crippen molar-refractivity contribution in [1.82, 2.24) is 5.32 Å². The Bertz CT molecular complexity index is 641. The lowest BCUT2D eigenvalue weighted by Crippen LogP contribution is -2.35. The zero-order chi connectivity index (χ0) is 15.9. The Hall–Kier alpha value is -2.73. The molecule has 0 bridgehead atoms. The Morgan fingerprint density at radius 3 is 2.36 bits per heavy atom. The molecule has 0 saturated heterocycles. The maximum atomic E-state index is 12.0. The number of nitrogens with one attached hydrogen (secondary N) is 1. The molecular formula is C16H17N3O3. The van der Waals surface area contributed by atoms with Gasteiger partial charge in [0.1, 0.15) is 6.04 Å². The average molecular weight is 299 g/mol. The molecule has 1 unspecified atom stereocenters. The largest absolute Gasteiger partial charge is 0.354 e. The molecule has 3 N–H and O–H groups in total. The van der Waals surface area contributed by atoms with E-state index in [4.69, 9.17) is 5.73 Å². The summed E-state index contributed by atoms with van der Waals surface area (Å²) in [5.74, 6) is -0.242. The highest BCUT2D eigenvalue weighted by Crippen LogP contribution is 2.12. The van der Waals surface area contributed by atoms with Crippen molar-refractivity contribution in [3.63, 3.8) is 0 Å². The third-order valence-electron chi connectivity index (χ3n) is 3.30. The van der Waals surface area contributed by atoms with Crippen LogP contribution < -0.4 is 11.1 Å². The SMILES string of the molecule is NC(C(=O)NCCc1ccc([N+](=O)[O-])cc1)c1ccccc1. The number of nitro groups is 1. The van der Waals surface area contributed by atoms with E-state index in [1.165, 1.54) is 12.1 Å². The van der Waals surface area contributed by atoms with E-state index in [0.29, 0.717) is 13.0 Å². The summed E-state index contributed by atoms with van der Waals surface area (Å²) in [6, 6.07) is 14.7. The number of carbonyl (C=O) groups excluding carboxylic acids is 1. The van der Waals surface area contributed by atoms with E-state index in [1.807, 2.05) is 18.2 Å². The van der Waals surface area contributed by atoms with Gasteiger partial charge in [0.15, 0.2) is 0 Å². The Labute approximate surface area is 128 Å². The van der Waals surface area contributed by atoms with E-state index < -0.39 is 11.0 Å². The number of carbonyl (C=O) groups is 1. The van der Waals surface area contributed by atoms with Gasteiger partial charge in [-0.2, -0.15) is 0 Å². The monoisotopic (exact) mass is 299 g/mol. The fourth-order valence-corrected chi connectivity index (χ4v) is 2.04. The predicted molar refractivity (Wildman–Crippen MR) is 83.2 cm³/mol. The van der Waals surface area contributed by atoms with E-state index in [-0.39, 0.29) is 11.6 Å². The van der Waals surface area contributed by atoms with Crippen LogP contribution in [0.5, 0.6) is 0 Å².